The molecule has 22 heavy (non-hydrogen) atoms. The van der Waals surface area contributed by atoms with Crippen LogP contribution in [0.2, 0.25) is 0 Å². The zero-order valence-electron chi connectivity index (χ0n) is 15.3. The molecule has 0 aromatic carbocycles. The first-order valence-corrected chi connectivity index (χ1v) is 8.09. The third-order valence-electron chi connectivity index (χ3n) is 3.87. The van der Waals surface area contributed by atoms with Gasteiger partial charge < -0.3 is 15.4 Å². The molecule has 0 saturated carbocycles. The number of rotatable bonds is 5. The summed E-state index contributed by atoms with van der Waals surface area (Å²) in [5, 5.41) is 6.81. The van der Waals surface area contributed by atoms with E-state index in [0.717, 1.165) is 32.1 Å². The summed E-state index contributed by atoms with van der Waals surface area (Å²) in [6.45, 7) is 17.0. The van der Waals surface area contributed by atoms with E-state index in [1.54, 1.807) is 0 Å². The van der Waals surface area contributed by atoms with Gasteiger partial charge in [-0.25, -0.2) is 0 Å². The van der Waals surface area contributed by atoms with Gasteiger partial charge in [0.15, 0.2) is 5.96 Å². The fourth-order valence-electron chi connectivity index (χ4n) is 2.61. The first-order chi connectivity index (χ1) is 9.74. The maximum Gasteiger partial charge on any atom is 0.191 e. The quantitative estimate of drug-likeness (QED) is 0.403. The topological polar surface area (TPSA) is 48.9 Å². The molecule has 132 valence electrons. The van der Waals surface area contributed by atoms with E-state index in [9.17, 15) is 0 Å². The van der Waals surface area contributed by atoms with Crippen molar-refractivity contribution in [2.75, 3.05) is 33.2 Å². The first kappa shape index (κ1) is 21.9. The van der Waals surface area contributed by atoms with Gasteiger partial charge in [0.05, 0.1) is 12.2 Å². The molecule has 5 nitrogen and oxygen atoms in total. The number of ether oxygens (including phenoxy) is 1. The van der Waals surface area contributed by atoms with Gasteiger partial charge in [-0.15, -0.1) is 24.0 Å². The van der Waals surface area contributed by atoms with Crippen LogP contribution in [0.1, 0.15) is 41.5 Å². The standard InChI is InChI=1S/C16H34N4O.HI/c1-12(2)8-18-15(17-7)19-11-16(5,6)20-9-13(3)21-14(4)10-20;/h12-14H,8-11H2,1-7H3,(H2,17,18,19);1H. The lowest BCUT2D eigenvalue weighted by Crippen LogP contribution is -2.59. The van der Waals surface area contributed by atoms with Gasteiger partial charge in [0, 0.05) is 38.8 Å². The van der Waals surface area contributed by atoms with E-state index in [1.807, 2.05) is 7.05 Å². The third kappa shape index (κ3) is 7.46. The summed E-state index contributed by atoms with van der Waals surface area (Å²) in [6.07, 6.45) is 0.595. The molecule has 2 unspecified atom stereocenters. The predicted molar refractivity (Wildman–Crippen MR) is 105 cm³/mol. The summed E-state index contributed by atoms with van der Waals surface area (Å²) >= 11 is 0. The van der Waals surface area contributed by atoms with Gasteiger partial charge in [0.1, 0.15) is 0 Å². The van der Waals surface area contributed by atoms with E-state index < -0.39 is 0 Å². The van der Waals surface area contributed by atoms with Gasteiger partial charge in [0.2, 0.25) is 0 Å². The molecule has 0 aromatic heterocycles. The number of aliphatic imine (C=N–C) groups is 1. The van der Waals surface area contributed by atoms with Crippen molar-refractivity contribution in [2.45, 2.75) is 59.3 Å². The van der Waals surface area contributed by atoms with Crippen LogP contribution in [0, 0.1) is 5.92 Å². The highest BCUT2D eigenvalue weighted by atomic mass is 127. The van der Waals surface area contributed by atoms with Crippen LogP contribution in [-0.4, -0.2) is 61.8 Å². The molecular weight excluding hydrogens is 391 g/mol. The van der Waals surface area contributed by atoms with Crippen LogP contribution in [0.5, 0.6) is 0 Å². The SMILES string of the molecule is CN=C(NCC(C)C)NCC(C)(C)N1CC(C)OC(C)C1.I. The molecule has 0 spiro atoms. The third-order valence-corrected chi connectivity index (χ3v) is 3.87. The fraction of sp³-hybridized carbons (Fsp3) is 0.938. The van der Waals surface area contributed by atoms with Crippen molar-refractivity contribution in [1.82, 2.24) is 15.5 Å². The molecule has 6 heteroatoms. The van der Waals surface area contributed by atoms with Gasteiger partial charge in [-0.05, 0) is 33.6 Å². The van der Waals surface area contributed by atoms with Crippen LogP contribution in [0.25, 0.3) is 0 Å². The summed E-state index contributed by atoms with van der Waals surface area (Å²) in [4.78, 5) is 6.80. The highest BCUT2D eigenvalue weighted by molar-refractivity contribution is 14.0. The number of halogens is 1. The molecule has 2 atom stereocenters. The summed E-state index contributed by atoms with van der Waals surface area (Å²) in [5.74, 6) is 1.49. The second kappa shape index (κ2) is 9.93. The molecule has 1 aliphatic rings. The Balaban J connectivity index is 0.00000441. The normalized spacial score (nSPS) is 24.1. The lowest BCUT2D eigenvalue weighted by molar-refractivity contribution is -0.0946. The second-order valence-electron chi connectivity index (χ2n) is 7.18. The molecule has 1 fully saturated rings. The van der Waals surface area contributed by atoms with E-state index in [-0.39, 0.29) is 29.5 Å². The summed E-state index contributed by atoms with van der Waals surface area (Å²) in [6, 6.07) is 0. The van der Waals surface area contributed by atoms with Gasteiger partial charge in [-0.3, -0.25) is 9.89 Å². The number of hydrogen-bond acceptors (Lipinski definition) is 3. The van der Waals surface area contributed by atoms with E-state index >= 15 is 0 Å². The van der Waals surface area contributed by atoms with Crippen molar-refractivity contribution in [3.05, 3.63) is 0 Å². The number of nitrogens with zero attached hydrogens (tertiary/aromatic N) is 2. The number of nitrogens with one attached hydrogen (secondary N) is 2. The smallest absolute Gasteiger partial charge is 0.191 e. The van der Waals surface area contributed by atoms with Crippen LogP contribution < -0.4 is 10.6 Å². The molecule has 2 N–H and O–H groups in total. The Bertz CT molecular complexity index is 337. The minimum absolute atomic E-state index is 0. The van der Waals surface area contributed by atoms with E-state index in [2.05, 4.69) is 62.1 Å². The molecule has 0 aromatic rings. The Kier molecular flexibility index (Phi) is 9.89. The molecule has 1 heterocycles. The van der Waals surface area contributed by atoms with Gasteiger partial charge in [-0.1, -0.05) is 13.8 Å². The van der Waals surface area contributed by atoms with Gasteiger partial charge in [-0.2, -0.15) is 0 Å². The van der Waals surface area contributed by atoms with Crippen LogP contribution >= 0.6 is 24.0 Å². The predicted octanol–water partition coefficient (Wildman–Crippen LogP) is 2.31. The minimum atomic E-state index is 0. The van der Waals surface area contributed by atoms with Crippen LogP contribution in [0.15, 0.2) is 4.99 Å². The van der Waals surface area contributed by atoms with Crippen molar-refractivity contribution >= 4 is 29.9 Å². The molecule has 0 amide bonds. The van der Waals surface area contributed by atoms with Crippen molar-refractivity contribution in [3.8, 4) is 0 Å². The van der Waals surface area contributed by atoms with Gasteiger partial charge >= 0.3 is 0 Å². The highest BCUT2D eigenvalue weighted by Gasteiger charge is 2.33. The van der Waals surface area contributed by atoms with Crippen molar-refractivity contribution in [3.63, 3.8) is 0 Å². The van der Waals surface area contributed by atoms with Crippen LogP contribution in [0.3, 0.4) is 0 Å². The zero-order valence-corrected chi connectivity index (χ0v) is 17.6. The lowest BCUT2D eigenvalue weighted by atomic mass is 10.00. The average Bonchev–Trinajstić information content (AvgIpc) is 2.37. The van der Waals surface area contributed by atoms with Crippen molar-refractivity contribution < 1.29 is 4.74 Å². The Labute approximate surface area is 153 Å². The number of guanidine groups is 1. The monoisotopic (exact) mass is 426 g/mol. The maximum absolute atomic E-state index is 5.83. The Morgan fingerprint density at radius 3 is 2.23 bits per heavy atom. The molecule has 0 aliphatic carbocycles. The minimum Gasteiger partial charge on any atom is -0.373 e. The molecule has 0 radical (unpaired) electrons. The molecule has 1 aliphatic heterocycles. The summed E-state index contributed by atoms with van der Waals surface area (Å²) < 4.78 is 5.83. The Morgan fingerprint density at radius 2 is 1.77 bits per heavy atom. The lowest BCUT2D eigenvalue weighted by Gasteiger charge is -2.45. The summed E-state index contributed by atoms with van der Waals surface area (Å²) in [5.41, 5.74) is 0.0712. The molecule has 0 bridgehead atoms. The first-order valence-electron chi connectivity index (χ1n) is 8.09. The number of hydrogen-bond donors (Lipinski definition) is 2. The van der Waals surface area contributed by atoms with Crippen molar-refractivity contribution in [1.29, 1.82) is 0 Å². The van der Waals surface area contributed by atoms with Crippen molar-refractivity contribution in [2.24, 2.45) is 10.9 Å². The number of morpholine rings is 1. The second-order valence-corrected chi connectivity index (χ2v) is 7.18. The Morgan fingerprint density at radius 1 is 1.23 bits per heavy atom. The zero-order chi connectivity index (χ0) is 16.0. The maximum atomic E-state index is 5.83. The molecule has 1 rings (SSSR count). The van der Waals surface area contributed by atoms with Crippen LogP contribution in [0.4, 0.5) is 0 Å². The van der Waals surface area contributed by atoms with E-state index in [4.69, 9.17) is 4.74 Å². The highest BCUT2D eigenvalue weighted by Crippen LogP contribution is 2.20. The fourth-order valence-corrected chi connectivity index (χ4v) is 2.61. The Hall–Kier alpha value is -0.0800. The van der Waals surface area contributed by atoms with Gasteiger partial charge in [0.25, 0.3) is 0 Å². The summed E-state index contributed by atoms with van der Waals surface area (Å²) in [7, 11) is 1.82. The van der Waals surface area contributed by atoms with E-state index in [0.29, 0.717) is 18.1 Å². The molecular formula is C16H35IN4O. The molecule has 1 saturated heterocycles. The van der Waals surface area contributed by atoms with E-state index in [1.165, 1.54) is 0 Å². The average molecular weight is 426 g/mol. The van der Waals surface area contributed by atoms with Crippen LogP contribution in [-0.2, 0) is 4.74 Å². The largest absolute Gasteiger partial charge is 0.373 e.